The lowest BCUT2D eigenvalue weighted by atomic mass is 10.2. The number of benzene rings is 1. The molecule has 0 saturated carbocycles. The van der Waals surface area contributed by atoms with E-state index in [4.69, 9.17) is 10.5 Å². The molecule has 20 heavy (non-hydrogen) atoms. The summed E-state index contributed by atoms with van der Waals surface area (Å²) in [6, 6.07) is 0.737. The molecule has 0 atom stereocenters. The number of rotatable bonds is 4. The molecule has 3 N–H and O–H groups in total. The Labute approximate surface area is 115 Å². The largest absolute Gasteiger partial charge is 0.496 e. The van der Waals surface area contributed by atoms with Crippen molar-refractivity contribution in [3.8, 4) is 5.75 Å². The van der Waals surface area contributed by atoms with Crippen molar-refractivity contribution in [3.63, 3.8) is 0 Å². The number of nitrogen functional groups attached to an aromatic ring is 1. The lowest BCUT2D eigenvalue weighted by molar-refractivity contribution is 0.390. The molecule has 0 aliphatic heterocycles. The van der Waals surface area contributed by atoms with Gasteiger partial charge >= 0.3 is 0 Å². The summed E-state index contributed by atoms with van der Waals surface area (Å²) in [5, 5.41) is 5.63. The number of thiazole rings is 1. The Kier molecular flexibility index (Phi) is 4.08. The summed E-state index contributed by atoms with van der Waals surface area (Å²) in [6.45, 7) is 0. The van der Waals surface area contributed by atoms with Gasteiger partial charge in [-0.15, -0.1) is 11.3 Å². The summed E-state index contributed by atoms with van der Waals surface area (Å²) in [7, 11) is 1.21. The number of nitrogens with two attached hydrogens (primary N) is 1. The molecule has 0 fully saturated rings. The molecule has 2 rings (SSSR count). The molecule has 9 heteroatoms. The first-order valence-electron chi connectivity index (χ1n) is 5.24. The lowest BCUT2D eigenvalue weighted by Gasteiger charge is -2.06. The van der Waals surface area contributed by atoms with Gasteiger partial charge in [0.15, 0.2) is 17.5 Å². The average Bonchev–Trinajstić information content (AvgIpc) is 2.84. The standard InChI is InChI=1S/C11H9F3N4OS/c1-19-7-2-6(12)10(14)9(13)5(7)3-16-18-11-17-8(15)4-20-11/h2-4H,15H2,1H3,(H,17,18). The molecule has 1 aromatic heterocycles. The molecule has 0 aliphatic carbocycles. The molecule has 1 aromatic carbocycles. The van der Waals surface area contributed by atoms with Crippen LogP contribution in [0.4, 0.5) is 24.1 Å². The smallest absolute Gasteiger partial charge is 0.205 e. The SMILES string of the molecule is COc1cc(F)c(F)c(F)c1C=NNc1nc(N)cs1. The maximum absolute atomic E-state index is 13.6. The maximum atomic E-state index is 13.6. The van der Waals surface area contributed by atoms with E-state index >= 15 is 0 Å². The van der Waals surface area contributed by atoms with E-state index in [2.05, 4.69) is 15.5 Å². The number of aromatic nitrogens is 1. The predicted octanol–water partition coefficient (Wildman–Crippen LogP) is 2.60. The number of nitrogens with one attached hydrogen (secondary N) is 1. The van der Waals surface area contributed by atoms with Gasteiger partial charge in [0.2, 0.25) is 5.13 Å². The van der Waals surface area contributed by atoms with Gasteiger partial charge in [0, 0.05) is 11.4 Å². The molecule has 0 unspecified atom stereocenters. The van der Waals surface area contributed by atoms with E-state index < -0.39 is 17.5 Å². The fraction of sp³-hybridized carbons (Fsp3) is 0.0909. The van der Waals surface area contributed by atoms with Gasteiger partial charge in [-0.1, -0.05) is 0 Å². The molecule has 5 nitrogen and oxygen atoms in total. The molecule has 106 valence electrons. The van der Waals surface area contributed by atoms with Crippen LogP contribution >= 0.6 is 11.3 Å². The first-order valence-corrected chi connectivity index (χ1v) is 6.12. The van der Waals surface area contributed by atoms with E-state index in [0.717, 1.165) is 12.3 Å². The molecule has 0 aliphatic rings. The quantitative estimate of drug-likeness (QED) is 0.517. The molecule has 0 spiro atoms. The number of hydrazone groups is 1. The second kappa shape index (κ2) is 5.78. The van der Waals surface area contributed by atoms with Gasteiger partial charge in [-0.2, -0.15) is 5.10 Å². The van der Waals surface area contributed by atoms with Crippen molar-refractivity contribution >= 4 is 28.5 Å². The fourth-order valence-corrected chi connectivity index (χ4v) is 1.91. The Balaban J connectivity index is 2.26. The third kappa shape index (κ3) is 2.82. The highest BCUT2D eigenvalue weighted by Gasteiger charge is 2.18. The Bertz CT molecular complexity index is 659. The van der Waals surface area contributed by atoms with E-state index in [1.54, 1.807) is 5.38 Å². The number of hydrogen-bond acceptors (Lipinski definition) is 6. The number of methoxy groups -OCH3 is 1. The summed E-state index contributed by atoms with van der Waals surface area (Å²) in [4.78, 5) is 3.85. The summed E-state index contributed by atoms with van der Waals surface area (Å²) >= 11 is 1.18. The number of hydrogen-bond donors (Lipinski definition) is 2. The fourth-order valence-electron chi connectivity index (χ4n) is 1.37. The zero-order valence-corrected chi connectivity index (χ0v) is 11.0. The molecule has 2 aromatic rings. The van der Waals surface area contributed by atoms with Crippen molar-refractivity contribution in [2.24, 2.45) is 5.10 Å². The van der Waals surface area contributed by atoms with Crippen LogP contribution in [-0.2, 0) is 0 Å². The van der Waals surface area contributed by atoms with Crippen molar-refractivity contribution in [2.45, 2.75) is 0 Å². The van der Waals surface area contributed by atoms with E-state index in [0.29, 0.717) is 10.9 Å². The number of ether oxygens (including phenoxy) is 1. The monoisotopic (exact) mass is 302 g/mol. The highest BCUT2D eigenvalue weighted by molar-refractivity contribution is 7.14. The van der Waals surface area contributed by atoms with Crippen molar-refractivity contribution in [3.05, 3.63) is 34.5 Å². The Morgan fingerprint density at radius 1 is 1.40 bits per heavy atom. The van der Waals surface area contributed by atoms with E-state index in [1.807, 2.05) is 0 Å². The van der Waals surface area contributed by atoms with E-state index in [-0.39, 0.29) is 11.3 Å². The van der Waals surface area contributed by atoms with Crippen LogP contribution in [0.15, 0.2) is 16.5 Å². The highest BCUT2D eigenvalue weighted by atomic mass is 32.1. The van der Waals surface area contributed by atoms with Crippen molar-refractivity contribution in [2.75, 3.05) is 18.3 Å². The third-order valence-corrected chi connectivity index (χ3v) is 3.02. The lowest BCUT2D eigenvalue weighted by Crippen LogP contribution is -2.02. The molecule has 0 amide bonds. The van der Waals surface area contributed by atoms with Gasteiger partial charge in [-0.3, -0.25) is 5.43 Å². The van der Waals surface area contributed by atoms with Gasteiger partial charge in [-0.25, -0.2) is 18.2 Å². The number of anilines is 2. The zero-order chi connectivity index (χ0) is 14.7. The maximum Gasteiger partial charge on any atom is 0.205 e. The summed E-state index contributed by atoms with van der Waals surface area (Å²) < 4.78 is 44.5. The number of nitrogens with zero attached hydrogens (tertiary/aromatic N) is 2. The van der Waals surface area contributed by atoms with Crippen molar-refractivity contribution in [1.82, 2.24) is 4.98 Å². The summed E-state index contributed by atoms with van der Waals surface area (Å²) in [5.74, 6) is -4.18. The van der Waals surface area contributed by atoms with Crippen LogP contribution in [0.5, 0.6) is 5.75 Å². The van der Waals surface area contributed by atoms with Crippen LogP contribution < -0.4 is 15.9 Å². The van der Waals surface area contributed by atoms with Crippen LogP contribution in [-0.4, -0.2) is 18.3 Å². The predicted molar refractivity (Wildman–Crippen MR) is 70.6 cm³/mol. The minimum Gasteiger partial charge on any atom is -0.496 e. The van der Waals surface area contributed by atoms with E-state index in [1.165, 1.54) is 18.4 Å². The van der Waals surface area contributed by atoms with Gasteiger partial charge in [0.1, 0.15) is 11.6 Å². The Hall–Kier alpha value is -2.29. The van der Waals surface area contributed by atoms with Gasteiger partial charge < -0.3 is 10.5 Å². The van der Waals surface area contributed by atoms with Crippen LogP contribution in [0.25, 0.3) is 0 Å². The highest BCUT2D eigenvalue weighted by Crippen LogP contribution is 2.25. The third-order valence-electron chi connectivity index (χ3n) is 2.26. The van der Waals surface area contributed by atoms with Gasteiger partial charge in [-0.05, 0) is 0 Å². The van der Waals surface area contributed by atoms with Crippen LogP contribution in [0.3, 0.4) is 0 Å². The molecular weight excluding hydrogens is 293 g/mol. The summed E-state index contributed by atoms with van der Waals surface area (Å²) in [6.07, 6.45) is 0.967. The number of halogens is 3. The van der Waals surface area contributed by atoms with Crippen molar-refractivity contribution in [1.29, 1.82) is 0 Å². The first-order chi connectivity index (χ1) is 9.52. The van der Waals surface area contributed by atoms with Gasteiger partial charge in [0.05, 0.1) is 18.9 Å². The van der Waals surface area contributed by atoms with Crippen LogP contribution in [0.1, 0.15) is 5.56 Å². The summed E-state index contributed by atoms with van der Waals surface area (Å²) in [5.41, 5.74) is 7.57. The minimum absolute atomic E-state index is 0.175. The molecule has 1 heterocycles. The zero-order valence-electron chi connectivity index (χ0n) is 10.2. The Morgan fingerprint density at radius 2 is 2.15 bits per heavy atom. The van der Waals surface area contributed by atoms with Crippen LogP contribution in [0, 0.1) is 17.5 Å². The second-order valence-corrected chi connectivity index (χ2v) is 4.41. The van der Waals surface area contributed by atoms with Crippen molar-refractivity contribution < 1.29 is 17.9 Å². The van der Waals surface area contributed by atoms with Gasteiger partial charge in [0.25, 0.3) is 0 Å². The first kappa shape index (κ1) is 14.1. The molecule has 0 bridgehead atoms. The minimum atomic E-state index is -1.59. The average molecular weight is 302 g/mol. The molecule has 0 radical (unpaired) electrons. The second-order valence-electron chi connectivity index (χ2n) is 3.55. The molecule has 0 saturated heterocycles. The topological polar surface area (TPSA) is 72.5 Å². The molecular formula is C11H9F3N4OS. The normalized spacial score (nSPS) is 11.0. The van der Waals surface area contributed by atoms with Crippen LogP contribution in [0.2, 0.25) is 0 Å². The van der Waals surface area contributed by atoms with E-state index in [9.17, 15) is 13.2 Å². The Morgan fingerprint density at radius 3 is 2.75 bits per heavy atom.